The van der Waals surface area contributed by atoms with Crippen LogP contribution in [0.5, 0.6) is 0 Å². The Bertz CT molecular complexity index is 344. The van der Waals surface area contributed by atoms with Crippen LogP contribution in [-0.2, 0) is 14.3 Å². The smallest absolute Gasteiger partial charge is 0.306 e. The van der Waals surface area contributed by atoms with E-state index in [0.717, 1.165) is 19.3 Å². The number of rotatable bonds is 3. The van der Waals surface area contributed by atoms with Gasteiger partial charge in [-0.2, -0.15) is 0 Å². The maximum absolute atomic E-state index is 12.6. The second-order valence-corrected chi connectivity index (χ2v) is 5.57. The van der Waals surface area contributed by atoms with Crippen molar-refractivity contribution in [2.45, 2.75) is 45.1 Å². The molecule has 0 spiro atoms. The lowest BCUT2D eigenvalue weighted by Crippen LogP contribution is -2.51. The number of hydrogen-bond donors (Lipinski definition) is 1. The van der Waals surface area contributed by atoms with Gasteiger partial charge in [-0.25, -0.2) is 0 Å². The zero-order chi connectivity index (χ0) is 13.8. The molecule has 1 aliphatic carbocycles. The van der Waals surface area contributed by atoms with Crippen LogP contribution >= 0.6 is 0 Å². The van der Waals surface area contributed by atoms with Gasteiger partial charge in [0.25, 0.3) is 0 Å². The summed E-state index contributed by atoms with van der Waals surface area (Å²) in [5, 5.41) is 9.10. The monoisotopic (exact) mass is 269 g/mol. The van der Waals surface area contributed by atoms with E-state index in [-0.39, 0.29) is 23.8 Å². The van der Waals surface area contributed by atoms with E-state index in [0.29, 0.717) is 32.6 Å². The third-order valence-corrected chi connectivity index (χ3v) is 4.35. The minimum absolute atomic E-state index is 0.109. The second-order valence-electron chi connectivity index (χ2n) is 5.57. The standard InChI is InChI=1S/C14H23NO4/c1-2-12-9-19-7-6-15(12)13(16)10-4-3-5-11(8-10)14(17)18/h10-12H,2-9H2,1H3,(H,17,18)/t10-,11+,12+/m0/s1. The highest BCUT2D eigenvalue weighted by Crippen LogP contribution is 2.31. The lowest BCUT2D eigenvalue weighted by molar-refractivity contribution is -0.149. The summed E-state index contributed by atoms with van der Waals surface area (Å²) in [5.74, 6) is -1.07. The molecule has 5 heteroatoms. The van der Waals surface area contributed by atoms with E-state index in [1.807, 2.05) is 4.90 Å². The van der Waals surface area contributed by atoms with Crippen LogP contribution in [0.15, 0.2) is 0 Å². The van der Waals surface area contributed by atoms with Crippen LogP contribution in [0.2, 0.25) is 0 Å². The summed E-state index contributed by atoms with van der Waals surface area (Å²) >= 11 is 0. The largest absolute Gasteiger partial charge is 0.481 e. The lowest BCUT2D eigenvalue weighted by Gasteiger charge is -2.38. The molecule has 3 atom stereocenters. The van der Waals surface area contributed by atoms with E-state index >= 15 is 0 Å². The van der Waals surface area contributed by atoms with Gasteiger partial charge in [0.05, 0.1) is 25.2 Å². The summed E-state index contributed by atoms with van der Waals surface area (Å²) in [7, 11) is 0. The van der Waals surface area contributed by atoms with Crippen molar-refractivity contribution < 1.29 is 19.4 Å². The highest BCUT2D eigenvalue weighted by atomic mass is 16.5. The number of hydrogen-bond acceptors (Lipinski definition) is 3. The Morgan fingerprint density at radius 1 is 1.32 bits per heavy atom. The summed E-state index contributed by atoms with van der Waals surface area (Å²) in [4.78, 5) is 25.6. The number of carboxylic acids is 1. The predicted octanol–water partition coefficient (Wildman–Crippen LogP) is 1.51. The van der Waals surface area contributed by atoms with Crippen LogP contribution in [0.1, 0.15) is 39.0 Å². The van der Waals surface area contributed by atoms with Gasteiger partial charge >= 0.3 is 5.97 Å². The molecule has 1 amide bonds. The Kier molecular flexibility index (Phi) is 4.80. The van der Waals surface area contributed by atoms with Crippen LogP contribution in [0.25, 0.3) is 0 Å². The molecule has 1 N–H and O–H groups in total. The third-order valence-electron chi connectivity index (χ3n) is 4.35. The van der Waals surface area contributed by atoms with E-state index in [2.05, 4.69) is 6.92 Å². The topological polar surface area (TPSA) is 66.8 Å². The van der Waals surface area contributed by atoms with Crippen molar-refractivity contribution in [2.24, 2.45) is 11.8 Å². The summed E-state index contributed by atoms with van der Waals surface area (Å²) in [6.07, 6.45) is 3.77. The minimum Gasteiger partial charge on any atom is -0.481 e. The molecule has 2 aliphatic rings. The average molecular weight is 269 g/mol. The molecule has 1 saturated carbocycles. The number of carbonyl (C=O) groups is 2. The number of morpholine rings is 1. The number of carbonyl (C=O) groups excluding carboxylic acids is 1. The minimum atomic E-state index is -0.758. The van der Waals surface area contributed by atoms with Crippen molar-refractivity contribution in [3.63, 3.8) is 0 Å². The van der Waals surface area contributed by atoms with Gasteiger partial charge in [-0.1, -0.05) is 13.3 Å². The van der Waals surface area contributed by atoms with Crippen molar-refractivity contribution in [3.05, 3.63) is 0 Å². The quantitative estimate of drug-likeness (QED) is 0.843. The van der Waals surface area contributed by atoms with Gasteiger partial charge in [-0.05, 0) is 25.7 Å². The molecule has 0 aromatic carbocycles. The highest BCUT2D eigenvalue weighted by Gasteiger charge is 2.36. The molecule has 19 heavy (non-hydrogen) atoms. The summed E-state index contributed by atoms with van der Waals surface area (Å²) in [5.41, 5.74) is 0. The van der Waals surface area contributed by atoms with Crippen LogP contribution < -0.4 is 0 Å². The van der Waals surface area contributed by atoms with Gasteiger partial charge in [0.15, 0.2) is 0 Å². The lowest BCUT2D eigenvalue weighted by atomic mass is 9.80. The van der Waals surface area contributed by atoms with Gasteiger partial charge < -0.3 is 14.7 Å². The molecule has 1 heterocycles. The van der Waals surface area contributed by atoms with Crippen molar-refractivity contribution in [1.82, 2.24) is 4.90 Å². The van der Waals surface area contributed by atoms with E-state index in [4.69, 9.17) is 9.84 Å². The molecule has 2 rings (SSSR count). The molecular formula is C14H23NO4. The molecule has 0 aromatic heterocycles. The molecule has 0 radical (unpaired) electrons. The first-order valence-corrected chi connectivity index (χ1v) is 7.24. The van der Waals surface area contributed by atoms with Crippen LogP contribution in [-0.4, -0.2) is 47.7 Å². The molecule has 1 saturated heterocycles. The van der Waals surface area contributed by atoms with Gasteiger partial charge in [-0.3, -0.25) is 9.59 Å². The predicted molar refractivity (Wildman–Crippen MR) is 69.7 cm³/mol. The number of nitrogens with zero attached hydrogens (tertiary/aromatic N) is 1. The fourth-order valence-electron chi connectivity index (χ4n) is 3.16. The van der Waals surface area contributed by atoms with Crippen molar-refractivity contribution in [2.75, 3.05) is 19.8 Å². The van der Waals surface area contributed by atoms with E-state index < -0.39 is 5.97 Å². The van der Waals surface area contributed by atoms with E-state index in [9.17, 15) is 9.59 Å². The normalized spacial score (nSPS) is 32.1. The molecule has 0 aromatic rings. The van der Waals surface area contributed by atoms with Gasteiger partial charge in [0.2, 0.25) is 5.91 Å². The highest BCUT2D eigenvalue weighted by molar-refractivity contribution is 5.80. The molecular weight excluding hydrogens is 246 g/mol. The van der Waals surface area contributed by atoms with Crippen molar-refractivity contribution >= 4 is 11.9 Å². The fraction of sp³-hybridized carbons (Fsp3) is 0.857. The molecule has 0 unspecified atom stereocenters. The number of ether oxygens (including phenoxy) is 1. The first-order chi connectivity index (χ1) is 9.13. The molecule has 0 bridgehead atoms. The number of amides is 1. The summed E-state index contributed by atoms with van der Waals surface area (Å²) in [6, 6.07) is 0.159. The Labute approximate surface area is 113 Å². The number of carboxylic acid groups (broad SMARTS) is 1. The molecule has 2 fully saturated rings. The van der Waals surface area contributed by atoms with Gasteiger partial charge in [-0.15, -0.1) is 0 Å². The first-order valence-electron chi connectivity index (χ1n) is 7.24. The maximum Gasteiger partial charge on any atom is 0.306 e. The van der Waals surface area contributed by atoms with Crippen LogP contribution in [0.4, 0.5) is 0 Å². The Morgan fingerprint density at radius 2 is 2.05 bits per heavy atom. The fourth-order valence-corrected chi connectivity index (χ4v) is 3.16. The maximum atomic E-state index is 12.6. The van der Waals surface area contributed by atoms with Crippen molar-refractivity contribution in [3.8, 4) is 0 Å². The molecule has 1 aliphatic heterocycles. The zero-order valence-corrected chi connectivity index (χ0v) is 11.5. The molecule has 5 nitrogen and oxygen atoms in total. The molecule has 108 valence electrons. The van der Waals surface area contributed by atoms with E-state index in [1.165, 1.54) is 0 Å². The third kappa shape index (κ3) is 3.26. The second kappa shape index (κ2) is 6.37. The van der Waals surface area contributed by atoms with Crippen LogP contribution in [0.3, 0.4) is 0 Å². The van der Waals surface area contributed by atoms with Crippen LogP contribution in [0, 0.1) is 11.8 Å². The summed E-state index contributed by atoms with van der Waals surface area (Å²) in [6.45, 7) is 3.90. The Balaban J connectivity index is 1.99. The number of aliphatic carboxylic acids is 1. The average Bonchev–Trinajstić information content (AvgIpc) is 2.46. The van der Waals surface area contributed by atoms with Gasteiger partial charge in [0, 0.05) is 12.5 Å². The first kappa shape index (κ1) is 14.3. The Hall–Kier alpha value is -1.10. The van der Waals surface area contributed by atoms with Crippen molar-refractivity contribution in [1.29, 1.82) is 0 Å². The van der Waals surface area contributed by atoms with E-state index in [1.54, 1.807) is 0 Å². The van der Waals surface area contributed by atoms with Gasteiger partial charge in [0.1, 0.15) is 0 Å². The zero-order valence-electron chi connectivity index (χ0n) is 11.5. The summed E-state index contributed by atoms with van der Waals surface area (Å²) < 4.78 is 5.41. The Morgan fingerprint density at radius 3 is 2.74 bits per heavy atom. The SMILES string of the molecule is CC[C@@H]1COCCN1C(=O)[C@H]1CCC[C@@H](C(=O)O)C1.